The summed E-state index contributed by atoms with van der Waals surface area (Å²) < 4.78 is 30.4. The van der Waals surface area contributed by atoms with Crippen LogP contribution in [0.25, 0.3) is 22.6 Å². The minimum atomic E-state index is -3.99. The van der Waals surface area contributed by atoms with Gasteiger partial charge in [0.15, 0.2) is 11.7 Å². The number of sulfonamides is 1. The number of oxazole rings is 1. The second-order valence-electron chi connectivity index (χ2n) is 7.67. The van der Waals surface area contributed by atoms with E-state index in [4.69, 9.17) is 9.56 Å². The normalized spacial score (nSPS) is 12.4. The Morgan fingerprint density at radius 3 is 2.27 bits per heavy atom. The molecule has 33 heavy (non-hydrogen) atoms. The maximum Gasteiger partial charge on any atom is 0.310 e. The van der Waals surface area contributed by atoms with Crippen LogP contribution in [0.3, 0.4) is 0 Å². The van der Waals surface area contributed by atoms with E-state index >= 15 is 0 Å². The van der Waals surface area contributed by atoms with Gasteiger partial charge in [-0.05, 0) is 30.2 Å². The molecule has 0 fully saturated rings. The van der Waals surface area contributed by atoms with E-state index in [1.807, 2.05) is 42.5 Å². The van der Waals surface area contributed by atoms with Crippen molar-refractivity contribution >= 4 is 16.0 Å². The van der Waals surface area contributed by atoms with Gasteiger partial charge in [-0.3, -0.25) is 4.79 Å². The smallest absolute Gasteiger partial charge is 0.310 e. The number of aromatic nitrogens is 1. The molecule has 0 aliphatic heterocycles. The van der Waals surface area contributed by atoms with Gasteiger partial charge in [-0.2, -0.15) is 0 Å². The Hall–Kier alpha value is -3.75. The molecule has 0 aliphatic rings. The molecule has 8 heteroatoms. The summed E-state index contributed by atoms with van der Waals surface area (Å²) in [6, 6.07) is 22.9. The molecule has 1 unspecified atom stereocenters. The lowest BCUT2D eigenvalue weighted by atomic mass is 9.99. The van der Waals surface area contributed by atoms with Crippen LogP contribution in [-0.4, -0.2) is 24.5 Å². The van der Waals surface area contributed by atoms with Crippen LogP contribution in [0, 0.1) is 0 Å². The predicted molar refractivity (Wildman–Crippen MR) is 124 cm³/mol. The number of benzene rings is 3. The van der Waals surface area contributed by atoms with Gasteiger partial charge in [0, 0.05) is 17.5 Å². The Morgan fingerprint density at radius 1 is 1.00 bits per heavy atom. The van der Waals surface area contributed by atoms with Gasteiger partial charge in [-0.25, -0.2) is 18.5 Å². The molecule has 1 heterocycles. The molecule has 0 radical (unpaired) electrons. The average Bonchev–Trinajstić information content (AvgIpc) is 3.22. The largest absolute Gasteiger partial charge is 0.481 e. The summed E-state index contributed by atoms with van der Waals surface area (Å²) in [5, 5.41) is 14.6. The molecule has 1 aromatic heterocycles. The summed E-state index contributed by atoms with van der Waals surface area (Å²) in [5.41, 5.74) is 3.20. The molecule has 0 aliphatic carbocycles. The third-order valence-corrected chi connectivity index (χ3v) is 6.33. The molecule has 1 atom stereocenters. The van der Waals surface area contributed by atoms with Crippen LogP contribution in [-0.2, 0) is 21.2 Å². The van der Waals surface area contributed by atoms with Gasteiger partial charge in [0.2, 0.25) is 10.0 Å². The second kappa shape index (κ2) is 9.01. The highest BCUT2D eigenvalue weighted by Gasteiger charge is 2.23. The van der Waals surface area contributed by atoms with E-state index in [9.17, 15) is 18.3 Å². The number of rotatable bonds is 7. The van der Waals surface area contributed by atoms with Gasteiger partial charge in [-0.1, -0.05) is 66.7 Å². The summed E-state index contributed by atoms with van der Waals surface area (Å²) in [6.07, 6.45) is 0.346. The van der Waals surface area contributed by atoms with E-state index in [2.05, 4.69) is 4.98 Å². The quantitative estimate of drug-likeness (QED) is 0.419. The predicted octanol–water partition coefficient (Wildman–Crippen LogP) is 4.43. The van der Waals surface area contributed by atoms with Crippen LogP contribution in [0.5, 0.6) is 0 Å². The molecule has 0 amide bonds. The summed E-state index contributed by atoms with van der Waals surface area (Å²) in [5.74, 6) is -0.781. The maximum absolute atomic E-state index is 12.2. The summed E-state index contributed by atoms with van der Waals surface area (Å²) >= 11 is 0. The third kappa shape index (κ3) is 4.87. The topological polar surface area (TPSA) is 123 Å². The Kier molecular flexibility index (Phi) is 6.13. The number of nitrogens with zero attached hydrogens (tertiary/aromatic N) is 1. The van der Waals surface area contributed by atoms with Crippen molar-refractivity contribution in [3.63, 3.8) is 0 Å². The van der Waals surface area contributed by atoms with Crippen LogP contribution >= 0.6 is 0 Å². The monoisotopic (exact) mass is 462 g/mol. The molecule has 0 bridgehead atoms. The maximum atomic E-state index is 12.2. The molecule has 3 aromatic carbocycles. The van der Waals surface area contributed by atoms with Gasteiger partial charge >= 0.3 is 5.97 Å². The SMILES string of the molecule is CC(C(=O)O)c1ccc(Cc2nc(-c3ccccc3)c(-c3ccccc3S(N)(=O)=O)o2)cc1. The number of aliphatic carboxylic acids is 1. The minimum Gasteiger partial charge on any atom is -0.481 e. The lowest BCUT2D eigenvalue weighted by molar-refractivity contribution is -0.138. The first-order valence-corrected chi connectivity index (χ1v) is 11.8. The Balaban J connectivity index is 1.77. The van der Waals surface area contributed by atoms with E-state index in [0.29, 0.717) is 34.9 Å². The Morgan fingerprint density at radius 2 is 1.64 bits per heavy atom. The van der Waals surface area contributed by atoms with Crippen LogP contribution < -0.4 is 5.14 Å². The Bertz CT molecular complexity index is 1390. The fourth-order valence-corrected chi connectivity index (χ4v) is 4.29. The number of hydrogen-bond donors (Lipinski definition) is 2. The lowest BCUT2D eigenvalue weighted by Crippen LogP contribution is -2.13. The highest BCUT2D eigenvalue weighted by atomic mass is 32.2. The van der Waals surface area contributed by atoms with E-state index in [1.54, 1.807) is 37.3 Å². The summed E-state index contributed by atoms with van der Waals surface area (Å²) in [6.45, 7) is 1.63. The van der Waals surface area contributed by atoms with E-state index in [-0.39, 0.29) is 4.90 Å². The third-order valence-electron chi connectivity index (χ3n) is 5.36. The average molecular weight is 463 g/mol. The zero-order chi connectivity index (χ0) is 23.6. The zero-order valence-corrected chi connectivity index (χ0v) is 18.6. The fourth-order valence-electron chi connectivity index (χ4n) is 3.56. The van der Waals surface area contributed by atoms with Crippen molar-refractivity contribution in [2.24, 2.45) is 5.14 Å². The van der Waals surface area contributed by atoms with Crippen LogP contribution in [0.15, 0.2) is 88.2 Å². The molecule has 0 saturated carbocycles. The van der Waals surface area contributed by atoms with Gasteiger partial charge in [-0.15, -0.1) is 0 Å². The number of hydrogen-bond acceptors (Lipinski definition) is 5. The van der Waals surface area contributed by atoms with E-state index < -0.39 is 21.9 Å². The molecule has 0 saturated heterocycles. The Labute approximate surface area is 191 Å². The first kappa shape index (κ1) is 22.4. The number of carboxylic acid groups (broad SMARTS) is 1. The number of primary sulfonamides is 1. The highest BCUT2D eigenvalue weighted by molar-refractivity contribution is 7.89. The lowest BCUT2D eigenvalue weighted by Gasteiger charge is -2.07. The van der Waals surface area contributed by atoms with Gasteiger partial charge in [0.05, 0.1) is 10.8 Å². The molecular weight excluding hydrogens is 440 g/mol. The number of carboxylic acids is 1. The number of nitrogens with two attached hydrogens (primary N) is 1. The van der Waals surface area contributed by atoms with Crippen LogP contribution in [0.2, 0.25) is 0 Å². The van der Waals surface area contributed by atoms with Crippen molar-refractivity contribution in [1.29, 1.82) is 0 Å². The zero-order valence-electron chi connectivity index (χ0n) is 17.8. The number of carbonyl (C=O) groups is 1. The standard InChI is InChI=1S/C25H22N2O5S/c1-16(25(28)29)18-13-11-17(12-14-18)15-22-27-23(19-7-3-2-4-8-19)24(32-22)20-9-5-6-10-21(20)33(26,30)31/h2-14,16H,15H2,1H3,(H,28,29)(H2,26,30,31). The minimum absolute atomic E-state index is 0.0445. The molecule has 0 spiro atoms. The molecule has 168 valence electrons. The highest BCUT2D eigenvalue weighted by Crippen LogP contribution is 2.36. The van der Waals surface area contributed by atoms with Crippen molar-refractivity contribution in [3.8, 4) is 22.6 Å². The molecule has 3 N–H and O–H groups in total. The van der Waals surface area contributed by atoms with Gasteiger partial charge < -0.3 is 9.52 Å². The van der Waals surface area contributed by atoms with E-state index in [0.717, 1.165) is 11.1 Å². The van der Waals surface area contributed by atoms with Crippen LogP contribution in [0.1, 0.15) is 29.9 Å². The fraction of sp³-hybridized carbons (Fsp3) is 0.120. The van der Waals surface area contributed by atoms with Crippen molar-refractivity contribution in [2.75, 3.05) is 0 Å². The summed E-state index contributed by atoms with van der Waals surface area (Å²) in [7, 11) is -3.99. The van der Waals surface area contributed by atoms with Crippen molar-refractivity contribution in [1.82, 2.24) is 4.98 Å². The van der Waals surface area contributed by atoms with Crippen molar-refractivity contribution in [3.05, 3.63) is 95.9 Å². The van der Waals surface area contributed by atoms with Crippen LogP contribution in [0.4, 0.5) is 0 Å². The molecular formula is C25H22N2O5S. The molecule has 4 aromatic rings. The van der Waals surface area contributed by atoms with Gasteiger partial charge in [0.1, 0.15) is 5.69 Å². The van der Waals surface area contributed by atoms with Crippen molar-refractivity contribution in [2.45, 2.75) is 24.2 Å². The van der Waals surface area contributed by atoms with Crippen molar-refractivity contribution < 1.29 is 22.7 Å². The molecule has 4 rings (SSSR count). The first-order valence-electron chi connectivity index (χ1n) is 10.2. The van der Waals surface area contributed by atoms with Gasteiger partial charge in [0.25, 0.3) is 0 Å². The van der Waals surface area contributed by atoms with E-state index in [1.165, 1.54) is 6.07 Å². The molecule has 7 nitrogen and oxygen atoms in total. The first-order chi connectivity index (χ1) is 15.7. The summed E-state index contributed by atoms with van der Waals surface area (Å²) in [4.78, 5) is 15.8. The second-order valence-corrected chi connectivity index (χ2v) is 9.20.